The van der Waals surface area contributed by atoms with Gasteiger partial charge in [0, 0.05) is 15.3 Å². The summed E-state index contributed by atoms with van der Waals surface area (Å²) < 4.78 is 1.17. The Morgan fingerprint density at radius 3 is 1.49 bits per heavy atom. The number of hydrogen-bond donors (Lipinski definition) is 0. The summed E-state index contributed by atoms with van der Waals surface area (Å²) in [5.41, 5.74) is 18.9. The van der Waals surface area contributed by atoms with E-state index < -0.39 is 0 Å². The Balaban J connectivity index is 1.31. The van der Waals surface area contributed by atoms with Crippen molar-refractivity contribution in [3.63, 3.8) is 0 Å². The van der Waals surface area contributed by atoms with Gasteiger partial charge in [-0.3, -0.25) is 0 Å². The third-order valence-corrected chi connectivity index (χ3v) is 10.3. The number of rotatable bonds is 2. The number of aryl methyl sites for hydroxylation is 2. The van der Waals surface area contributed by atoms with Gasteiger partial charge in [-0.1, -0.05) is 110 Å². The molecule has 0 saturated heterocycles. The van der Waals surface area contributed by atoms with E-state index in [9.17, 15) is 0 Å². The molecule has 7 rings (SSSR count). The van der Waals surface area contributed by atoms with Gasteiger partial charge in [-0.05, 0) is 116 Å². The predicted octanol–water partition coefficient (Wildman–Crippen LogP) is 11.0. The molecule has 0 saturated carbocycles. The molecular formula is C38H33Br. The second-order valence-corrected chi connectivity index (χ2v) is 13.3. The minimum atomic E-state index is -0.0682. The Labute approximate surface area is 240 Å². The highest BCUT2D eigenvalue weighted by atomic mass is 79.9. The fraction of sp³-hybridized carbons (Fsp3) is 0.211. The number of halogens is 1. The van der Waals surface area contributed by atoms with E-state index in [0.29, 0.717) is 0 Å². The molecule has 0 atom stereocenters. The normalized spacial score (nSPS) is 15.5. The van der Waals surface area contributed by atoms with Crippen molar-refractivity contribution in [1.82, 2.24) is 0 Å². The van der Waals surface area contributed by atoms with Crippen LogP contribution < -0.4 is 0 Å². The number of hydrogen-bond acceptors (Lipinski definition) is 0. The van der Waals surface area contributed by atoms with Gasteiger partial charge in [0.05, 0.1) is 0 Å². The summed E-state index contributed by atoms with van der Waals surface area (Å²) >= 11 is 3.70. The fourth-order valence-electron chi connectivity index (χ4n) is 7.06. The molecule has 0 spiro atoms. The third kappa shape index (κ3) is 3.49. The minimum Gasteiger partial charge on any atom is -0.0619 e. The molecule has 0 aromatic heterocycles. The quantitative estimate of drug-likeness (QED) is 0.198. The molecule has 0 amide bonds. The molecule has 5 aromatic carbocycles. The summed E-state index contributed by atoms with van der Waals surface area (Å²) in [6.07, 6.45) is 0. The lowest BCUT2D eigenvalue weighted by molar-refractivity contribution is 0.659. The lowest BCUT2D eigenvalue weighted by Crippen LogP contribution is -2.15. The van der Waals surface area contributed by atoms with Crippen LogP contribution in [-0.4, -0.2) is 0 Å². The average molecular weight is 570 g/mol. The molecular weight excluding hydrogens is 536 g/mol. The zero-order chi connectivity index (χ0) is 27.3. The van der Waals surface area contributed by atoms with Crippen molar-refractivity contribution in [3.8, 4) is 44.5 Å². The number of fused-ring (bicyclic) bond motifs is 6. The molecule has 2 aliphatic rings. The summed E-state index contributed by atoms with van der Waals surface area (Å²) in [4.78, 5) is 0. The molecule has 0 unspecified atom stereocenters. The molecule has 0 fully saturated rings. The first-order valence-electron chi connectivity index (χ1n) is 13.9. The van der Waals surface area contributed by atoms with E-state index in [-0.39, 0.29) is 10.8 Å². The molecule has 1 heteroatoms. The first-order chi connectivity index (χ1) is 18.6. The van der Waals surface area contributed by atoms with Crippen LogP contribution in [0.4, 0.5) is 0 Å². The number of benzene rings is 5. The highest BCUT2D eigenvalue weighted by molar-refractivity contribution is 9.10. The van der Waals surface area contributed by atoms with Gasteiger partial charge in [-0.2, -0.15) is 0 Å². The van der Waals surface area contributed by atoms with Crippen LogP contribution >= 0.6 is 15.9 Å². The summed E-state index contributed by atoms with van der Waals surface area (Å²) in [5, 5.41) is 0. The van der Waals surface area contributed by atoms with Crippen LogP contribution in [0.3, 0.4) is 0 Å². The van der Waals surface area contributed by atoms with Gasteiger partial charge in [-0.25, -0.2) is 0 Å². The van der Waals surface area contributed by atoms with Gasteiger partial charge in [0.25, 0.3) is 0 Å². The SMILES string of the molecule is Cc1cc(-c2ccc3c(c2)C(C)(C)c2cc(-c4ccc5c(c4)C(C)(C)c4ccccc4-5)ccc2-3)c(C)cc1Br. The molecule has 0 N–H and O–H groups in total. The standard InChI is InChI=1S/C38H33Br/c1-22-18-36(39)23(2)17-31(22)26-13-16-30-29-15-12-25(20-34(29)38(5,6)35(30)21-26)24-11-14-28-27-9-7-8-10-32(27)37(3,4)33(28)19-24/h7-21H,1-6H3. The second kappa shape index (κ2) is 8.29. The maximum absolute atomic E-state index is 3.70. The van der Waals surface area contributed by atoms with Gasteiger partial charge >= 0.3 is 0 Å². The van der Waals surface area contributed by atoms with Crippen LogP contribution in [0.25, 0.3) is 44.5 Å². The van der Waals surface area contributed by atoms with Crippen LogP contribution in [0, 0.1) is 13.8 Å². The maximum atomic E-state index is 3.70. The van der Waals surface area contributed by atoms with Gasteiger partial charge in [0.1, 0.15) is 0 Å². The molecule has 0 radical (unpaired) electrons. The average Bonchev–Trinajstić information content (AvgIpc) is 3.29. The highest BCUT2D eigenvalue weighted by Gasteiger charge is 2.37. The van der Waals surface area contributed by atoms with Crippen LogP contribution in [0.5, 0.6) is 0 Å². The molecule has 0 bridgehead atoms. The second-order valence-electron chi connectivity index (χ2n) is 12.5. The largest absolute Gasteiger partial charge is 0.0619 e. The molecule has 5 aromatic rings. The Kier molecular flexibility index (Phi) is 5.23. The van der Waals surface area contributed by atoms with Crippen LogP contribution in [0.1, 0.15) is 61.1 Å². The van der Waals surface area contributed by atoms with Gasteiger partial charge in [-0.15, -0.1) is 0 Å². The van der Waals surface area contributed by atoms with Crippen LogP contribution in [0.2, 0.25) is 0 Å². The monoisotopic (exact) mass is 568 g/mol. The van der Waals surface area contributed by atoms with E-state index in [4.69, 9.17) is 0 Å². The topological polar surface area (TPSA) is 0 Å². The van der Waals surface area contributed by atoms with Crippen molar-refractivity contribution in [3.05, 3.63) is 129 Å². The van der Waals surface area contributed by atoms with E-state index in [1.807, 2.05) is 0 Å². The van der Waals surface area contributed by atoms with Crippen molar-refractivity contribution in [2.24, 2.45) is 0 Å². The summed E-state index contributed by atoms with van der Waals surface area (Å²) in [5.74, 6) is 0. The molecule has 0 heterocycles. The van der Waals surface area contributed by atoms with Crippen molar-refractivity contribution >= 4 is 15.9 Å². The van der Waals surface area contributed by atoms with Crippen molar-refractivity contribution < 1.29 is 0 Å². The molecule has 2 aliphatic carbocycles. The Hall–Kier alpha value is -3.42. The van der Waals surface area contributed by atoms with Gasteiger partial charge in [0.15, 0.2) is 0 Å². The van der Waals surface area contributed by atoms with Crippen molar-refractivity contribution in [2.45, 2.75) is 52.4 Å². The smallest absolute Gasteiger partial charge is 0.0207 e. The lowest BCUT2D eigenvalue weighted by atomic mass is 9.80. The maximum Gasteiger partial charge on any atom is 0.0207 e. The lowest BCUT2D eigenvalue weighted by Gasteiger charge is -2.24. The fourth-order valence-corrected chi connectivity index (χ4v) is 7.52. The predicted molar refractivity (Wildman–Crippen MR) is 170 cm³/mol. The Morgan fingerprint density at radius 1 is 0.436 bits per heavy atom. The third-order valence-electron chi connectivity index (χ3n) is 9.41. The van der Waals surface area contributed by atoms with E-state index in [1.165, 1.54) is 82.4 Å². The minimum absolute atomic E-state index is 0.00802. The van der Waals surface area contributed by atoms with Crippen molar-refractivity contribution in [2.75, 3.05) is 0 Å². The van der Waals surface area contributed by atoms with E-state index in [2.05, 4.69) is 148 Å². The van der Waals surface area contributed by atoms with Crippen LogP contribution in [-0.2, 0) is 10.8 Å². The van der Waals surface area contributed by atoms with E-state index >= 15 is 0 Å². The molecule has 39 heavy (non-hydrogen) atoms. The van der Waals surface area contributed by atoms with Crippen molar-refractivity contribution in [1.29, 1.82) is 0 Å². The van der Waals surface area contributed by atoms with E-state index in [0.717, 1.165) is 0 Å². The Bertz CT molecular complexity index is 1830. The van der Waals surface area contributed by atoms with Gasteiger partial charge in [0.2, 0.25) is 0 Å². The summed E-state index contributed by atoms with van der Waals surface area (Å²) in [6, 6.07) is 34.7. The zero-order valence-corrected chi connectivity index (χ0v) is 25.1. The first kappa shape index (κ1) is 24.6. The Morgan fingerprint density at radius 2 is 0.897 bits per heavy atom. The zero-order valence-electron chi connectivity index (χ0n) is 23.5. The van der Waals surface area contributed by atoms with E-state index in [1.54, 1.807) is 0 Å². The molecule has 192 valence electrons. The van der Waals surface area contributed by atoms with Crippen LogP contribution in [0.15, 0.2) is 95.5 Å². The molecule has 0 aliphatic heterocycles. The van der Waals surface area contributed by atoms with Gasteiger partial charge < -0.3 is 0 Å². The summed E-state index contributed by atoms with van der Waals surface area (Å²) in [6.45, 7) is 13.8. The highest BCUT2D eigenvalue weighted by Crippen LogP contribution is 2.52. The summed E-state index contributed by atoms with van der Waals surface area (Å²) in [7, 11) is 0. The molecule has 0 nitrogen and oxygen atoms in total. The first-order valence-corrected chi connectivity index (χ1v) is 14.7.